The van der Waals surface area contributed by atoms with Crippen LogP contribution < -0.4 is 14.8 Å². The van der Waals surface area contributed by atoms with Gasteiger partial charge in [0.15, 0.2) is 0 Å². The molecule has 1 aliphatic heterocycles. The third-order valence-electron chi connectivity index (χ3n) is 5.53. The van der Waals surface area contributed by atoms with Gasteiger partial charge in [0.25, 0.3) is 0 Å². The summed E-state index contributed by atoms with van der Waals surface area (Å²) in [6, 6.07) is 10.2. The standard InChI is InChI=1S/C24H36N2O3S/c1-19-8-11-23(30-19)16-25-15-20-9-10-22(28-2)14-24(20)29-18-21(27)17-26-12-6-4-3-5-7-13-26/h8-11,14,21,25,27H,3-7,12-13,15-18H2,1-2H3. The second-order valence-corrected chi connectivity index (χ2v) is 9.50. The Hall–Kier alpha value is -1.60. The lowest BCUT2D eigenvalue weighted by Gasteiger charge is -2.27. The Morgan fingerprint density at radius 2 is 1.83 bits per heavy atom. The van der Waals surface area contributed by atoms with Crippen molar-refractivity contribution in [2.75, 3.05) is 33.4 Å². The van der Waals surface area contributed by atoms with Gasteiger partial charge in [0.05, 0.1) is 7.11 Å². The number of ether oxygens (including phenoxy) is 2. The zero-order chi connectivity index (χ0) is 21.2. The van der Waals surface area contributed by atoms with Gasteiger partial charge in [-0.3, -0.25) is 0 Å². The molecule has 166 valence electrons. The van der Waals surface area contributed by atoms with Crippen molar-refractivity contribution in [2.24, 2.45) is 0 Å². The van der Waals surface area contributed by atoms with Gasteiger partial charge in [0, 0.05) is 41.0 Å². The third-order valence-corrected chi connectivity index (χ3v) is 6.53. The van der Waals surface area contributed by atoms with E-state index < -0.39 is 6.10 Å². The lowest BCUT2D eigenvalue weighted by Crippen LogP contribution is -2.37. The van der Waals surface area contributed by atoms with Crippen LogP contribution in [-0.2, 0) is 13.1 Å². The minimum atomic E-state index is -0.495. The second-order valence-electron chi connectivity index (χ2n) is 8.12. The molecule has 1 aliphatic rings. The number of β-amino-alcohol motifs (C(OH)–C–C–N with tert-alkyl or cyclic N) is 1. The number of thiophene rings is 1. The van der Waals surface area contributed by atoms with Crippen LogP contribution in [0, 0.1) is 6.92 Å². The zero-order valence-corrected chi connectivity index (χ0v) is 19.2. The largest absolute Gasteiger partial charge is 0.497 e. The van der Waals surface area contributed by atoms with E-state index in [1.807, 2.05) is 29.5 Å². The summed E-state index contributed by atoms with van der Waals surface area (Å²) >= 11 is 1.82. The van der Waals surface area contributed by atoms with Crippen molar-refractivity contribution in [3.8, 4) is 11.5 Å². The van der Waals surface area contributed by atoms with Crippen molar-refractivity contribution in [3.63, 3.8) is 0 Å². The first kappa shape index (κ1) is 23.1. The number of likely N-dealkylation sites (tertiary alicyclic amines) is 1. The molecule has 5 nitrogen and oxygen atoms in total. The summed E-state index contributed by atoms with van der Waals surface area (Å²) in [6.45, 7) is 6.79. The molecule has 1 aromatic heterocycles. The van der Waals surface area contributed by atoms with E-state index in [-0.39, 0.29) is 0 Å². The predicted octanol–water partition coefficient (Wildman–Crippen LogP) is 4.36. The van der Waals surface area contributed by atoms with Gasteiger partial charge in [-0.25, -0.2) is 0 Å². The molecule has 2 heterocycles. The first-order valence-electron chi connectivity index (χ1n) is 11.1. The summed E-state index contributed by atoms with van der Waals surface area (Å²) in [5, 5.41) is 14.1. The third kappa shape index (κ3) is 7.58. The van der Waals surface area contributed by atoms with E-state index in [1.165, 1.54) is 41.9 Å². The van der Waals surface area contributed by atoms with E-state index in [0.717, 1.165) is 36.7 Å². The molecule has 6 heteroatoms. The minimum Gasteiger partial charge on any atom is -0.497 e. The molecule has 1 fully saturated rings. The highest BCUT2D eigenvalue weighted by Gasteiger charge is 2.15. The van der Waals surface area contributed by atoms with Crippen LogP contribution >= 0.6 is 11.3 Å². The molecule has 0 amide bonds. The maximum Gasteiger partial charge on any atom is 0.127 e. The Morgan fingerprint density at radius 1 is 1.07 bits per heavy atom. The minimum absolute atomic E-state index is 0.292. The van der Waals surface area contributed by atoms with Crippen molar-refractivity contribution in [2.45, 2.75) is 58.2 Å². The van der Waals surface area contributed by atoms with E-state index >= 15 is 0 Å². The first-order chi connectivity index (χ1) is 14.6. The zero-order valence-electron chi connectivity index (χ0n) is 18.4. The molecule has 3 rings (SSSR count). The number of hydrogen-bond acceptors (Lipinski definition) is 6. The van der Waals surface area contributed by atoms with Gasteiger partial charge in [-0.05, 0) is 51.1 Å². The second kappa shape index (κ2) is 12.3. The first-order valence-corrected chi connectivity index (χ1v) is 11.9. The summed E-state index contributed by atoms with van der Waals surface area (Å²) in [5.41, 5.74) is 1.07. The van der Waals surface area contributed by atoms with Crippen LogP contribution in [0.1, 0.15) is 47.4 Å². The van der Waals surface area contributed by atoms with Crippen molar-refractivity contribution >= 4 is 11.3 Å². The van der Waals surface area contributed by atoms with Gasteiger partial charge in [0.1, 0.15) is 24.2 Å². The molecule has 2 N–H and O–H groups in total. The van der Waals surface area contributed by atoms with Gasteiger partial charge in [-0.2, -0.15) is 0 Å². The molecule has 0 saturated carbocycles. The quantitative estimate of drug-likeness (QED) is 0.584. The number of benzene rings is 1. The van der Waals surface area contributed by atoms with Crippen molar-refractivity contribution in [1.82, 2.24) is 10.2 Å². The lowest BCUT2D eigenvalue weighted by atomic mass is 10.1. The van der Waals surface area contributed by atoms with Crippen molar-refractivity contribution in [3.05, 3.63) is 45.6 Å². The maximum absolute atomic E-state index is 10.6. The van der Waals surface area contributed by atoms with Gasteiger partial charge < -0.3 is 24.8 Å². The van der Waals surface area contributed by atoms with E-state index in [1.54, 1.807) is 7.11 Å². The molecule has 1 atom stereocenters. The highest BCUT2D eigenvalue weighted by Crippen LogP contribution is 2.25. The van der Waals surface area contributed by atoms with E-state index in [0.29, 0.717) is 19.7 Å². The molecule has 1 saturated heterocycles. The van der Waals surface area contributed by atoms with E-state index in [4.69, 9.17) is 9.47 Å². The molecule has 0 aliphatic carbocycles. The number of aliphatic hydroxyl groups excluding tert-OH is 1. The number of aliphatic hydroxyl groups is 1. The van der Waals surface area contributed by atoms with Gasteiger partial charge in [0.2, 0.25) is 0 Å². The highest BCUT2D eigenvalue weighted by atomic mass is 32.1. The molecule has 30 heavy (non-hydrogen) atoms. The number of nitrogens with one attached hydrogen (secondary N) is 1. The van der Waals surface area contributed by atoms with Crippen LogP contribution in [0.15, 0.2) is 30.3 Å². The Morgan fingerprint density at radius 3 is 2.53 bits per heavy atom. The summed E-state index contributed by atoms with van der Waals surface area (Å²) in [5.74, 6) is 1.54. The topological polar surface area (TPSA) is 54.0 Å². The smallest absolute Gasteiger partial charge is 0.127 e. The lowest BCUT2D eigenvalue weighted by molar-refractivity contribution is 0.0650. The molecular weight excluding hydrogens is 396 g/mol. The van der Waals surface area contributed by atoms with Crippen molar-refractivity contribution in [1.29, 1.82) is 0 Å². The number of nitrogens with zero attached hydrogens (tertiary/aromatic N) is 1. The fourth-order valence-corrected chi connectivity index (χ4v) is 4.73. The molecule has 2 aromatic rings. The average Bonchev–Trinajstić information content (AvgIpc) is 3.14. The summed E-state index contributed by atoms with van der Waals surface area (Å²) < 4.78 is 11.4. The fraction of sp³-hybridized carbons (Fsp3) is 0.583. The van der Waals surface area contributed by atoms with Crippen molar-refractivity contribution < 1.29 is 14.6 Å². The van der Waals surface area contributed by atoms with Crippen LogP contribution in [-0.4, -0.2) is 49.5 Å². The summed E-state index contributed by atoms with van der Waals surface area (Å²) in [4.78, 5) is 5.03. The fourth-order valence-electron chi connectivity index (χ4n) is 3.87. The van der Waals surface area contributed by atoms with Crippen LogP contribution in [0.5, 0.6) is 11.5 Å². The maximum atomic E-state index is 10.6. The normalized spacial score (nSPS) is 16.6. The Labute approximate surface area is 185 Å². The molecule has 1 unspecified atom stereocenters. The van der Waals surface area contributed by atoms with Gasteiger partial charge in [-0.1, -0.05) is 25.3 Å². The molecule has 1 aromatic carbocycles. The molecular formula is C24H36N2O3S. The Bertz CT molecular complexity index is 757. The van der Waals surface area contributed by atoms with Crippen LogP contribution in [0.4, 0.5) is 0 Å². The number of methoxy groups -OCH3 is 1. The van der Waals surface area contributed by atoms with Crippen LogP contribution in [0.2, 0.25) is 0 Å². The van der Waals surface area contributed by atoms with Crippen LogP contribution in [0.25, 0.3) is 0 Å². The predicted molar refractivity (Wildman–Crippen MR) is 124 cm³/mol. The average molecular weight is 433 g/mol. The molecule has 0 radical (unpaired) electrons. The molecule has 0 bridgehead atoms. The highest BCUT2D eigenvalue weighted by molar-refractivity contribution is 7.11. The summed E-state index contributed by atoms with van der Waals surface area (Å²) in [6.07, 6.45) is 5.90. The van der Waals surface area contributed by atoms with E-state index in [2.05, 4.69) is 29.3 Å². The van der Waals surface area contributed by atoms with Gasteiger partial charge in [-0.15, -0.1) is 11.3 Å². The van der Waals surface area contributed by atoms with Gasteiger partial charge >= 0.3 is 0 Å². The number of aryl methyl sites for hydroxylation is 1. The molecule has 0 spiro atoms. The summed E-state index contributed by atoms with van der Waals surface area (Å²) in [7, 11) is 1.66. The van der Waals surface area contributed by atoms with Crippen LogP contribution in [0.3, 0.4) is 0 Å². The Kier molecular flexibility index (Phi) is 9.46. The van der Waals surface area contributed by atoms with E-state index in [9.17, 15) is 5.11 Å². The number of hydrogen-bond donors (Lipinski definition) is 2. The monoisotopic (exact) mass is 432 g/mol. The number of rotatable bonds is 10. The Balaban J connectivity index is 1.52. The SMILES string of the molecule is COc1ccc(CNCc2ccc(C)s2)c(OCC(O)CN2CCCCCCC2)c1.